The zero-order valence-corrected chi connectivity index (χ0v) is 10.3. The number of hydrogen-bond acceptors (Lipinski definition) is 4. The van der Waals surface area contributed by atoms with Crippen molar-refractivity contribution in [1.29, 1.82) is 0 Å². The van der Waals surface area contributed by atoms with E-state index in [1.54, 1.807) is 24.2 Å². The molecule has 2 N–H and O–H groups in total. The van der Waals surface area contributed by atoms with Crippen LogP contribution < -0.4 is 5.73 Å². The first-order valence-electron chi connectivity index (χ1n) is 5.36. The van der Waals surface area contributed by atoms with Gasteiger partial charge in [-0.15, -0.1) is 0 Å². The third kappa shape index (κ3) is 5.23. The van der Waals surface area contributed by atoms with Crippen LogP contribution in [-0.4, -0.2) is 17.3 Å². The Bertz CT molecular complexity index is 260. The van der Waals surface area contributed by atoms with E-state index in [9.17, 15) is 0 Å². The Morgan fingerprint density at radius 3 is 2.87 bits per heavy atom. The number of nitrogens with zero attached hydrogens (tertiary/aromatic N) is 1. The van der Waals surface area contributed by atoms with Gasteiger partial charge in [0.1, 0.15) is 6.26 Å². The SMILES string of the molecule is CC(C)(CN)CCCCSc1ncco1. The lowest BCUT2D eigenvalue weighted by atomic mass is 9.88. The lowest BCUT2D eigenvalue weighted by Gasteiger charge is -2.21. The van der Waals surface area contributed by atoms with Crippen LogP contribution in [0.15, 0.2) is 22.1 Å². The third-order valence-corrected chi connectivity index (χ3v) is 3.38. The van der Waals surface area contributed by atoms with Gasteiger partial charge in [-0.05, 0) is 24.8 Å². The summed E-state index contributed by atoms with van der Waals surface area (Å²) in [6.45, 7) is 5.20. The minimum atomic E-state index is 0.285. The maximum atomic E-state index is 5.67. The molecular weight excluding hydrogens is 208 g/mol. The van der Waals surface area contributed by atoms with Crippen molar-refractivity contribution in [3.8, 4) is 0 Å². The fourth-order valence-electron chi connectivity index (χ4n) is 1.25. The van der Waals surface area contributed by atoms with Crippen LogP contribution in [0.25, 0.3) is 0 Å². The second kappa shape index (κ2) is 6.18. The molecule has 15 heavy (non-hydrogen) atoms. The van der Waals surface area contributed by atoms with Crippen molar-refractivity contribution in [2.24, 2.45) is 11.1 Å². The van der Waals surface area contributed by atoms with Crippen LogP contribution in [0.3, 0.4) is 0 Å². The monoisotopic (exact) mass is 228 g/mol. The highest BCUT2D eigenvalue weighted by molar-refractivity contribution is 7.99. The molecule has 0 aliphatic heterocycles. The summed E-state index contributed by atoms with van der Waals surface area (Å²) in [6, 6.07) is 0. The Hall–Kier alpha value is -0.480. The molecule has 0 saturated carbocycles. The van der Waals surface area contributed by atoms with Gasteiger partial charge < -0.3 is 10.2 Å². The third-order valence-electron chi connectivity index (χ3n) is 2.44. The van der Waals surface area contributed by atoms with E-state index >= 15 is 0 Å². The normalized spacial score (nSPS) is 11.9. The van der Waals surface area contributed by atoms with E-state index in [4.69, 9.17) is 10.2 Å². The van der Waals surface area contributed by atoms with Gasteiger partial charge in [0.2, 0.25) is 0 Å². The Labute approximate surface area is 95.8 Å². The van der Waals surface area contributed by atoms with Crippen LogP contribution in [0.2, 0.25) is 0 Å². The molecular formula is C11H20N2OS. The van der Waals surface area contributed by atoms with E-state index in [0.717, 1.165) is 17.5 Å². The van der Waals surface area contributed by atoms with Gasteiger partial charge in [-0.3, -0.25) is 0 Å². The van der Waals surface area contributed by atoms with Gasteiger partial charge in [-0.1, -0.05) is 32.0 Å². The lowest BCUT2D eigenvalue weighted by Crippen LogP contribution is -2.23. The second-order valence-electron chi connectivity index (χ2n) is 4.47. The molecule has 0 bridgehead atoms. The van der Waals surface area contributed by atoms with Gasteiger partial charge in [0.15, 0.2) is 0 Å². The van der Waals surface area contributed by atoms with Gasteiger partial charge in [-0.25, -0.2) is 4.98 Å². The van der Waals surface area contributed by atoms with Crippen LogP contribution in [0, 0.1) is 5.41 Å². The van der Waals surface area contributed by atoms with Gasteiger partial charge in [0.05, 0.1) is 6.20 Å². The average Bonchev–Trinajstić information content (AvgIpc) is 2.70. The number of thioether (sulfide) groups is 1. The molecule has 0 spiro atoms. The number of nitrogens with two attached hydrogens (primary N) is 1. The predicted octanol–water partition coefficient (Wildman–Crippen LogP) is 2.92. The average molecular weight is 228 g/mol. The first-order valence-corrected chi connectivity index (χ1v) is 6.35. The van der Waals surface area contributed by atoms with E-state index < -0.39 is 0 Å². The van der Waals surface area contributed by atoms with E-state index in [0.29, 0.717) is 0 Å². The molecule has 0 saturated heterocycles. The molecule has 0 amide bonds. The fourth-order valence-corrected chi connectivity index (χ4v) is 2.03. The summed E-state index contributed by atoms with van der Waals surface area (Å²) < 4.78 is 5.13. The molecule has 0 atom stereocenters. The molecule has 1 aromatic heterocycles. The number of oxazole rings is 1. The van der Waals surface area contributed by atoms with Crippen LogP contribution in [0.5, 0.6) is 0 Å². The highest BCUT2D eigenvalue weighted by Crippen LogP contribution is 2.23. The Balaban J connectivity index is 2.03. The molecule has 4 heteroatoms. The standard InChI is InChI=1S/C11H20N2OS/c1-11(2,9-12)5-3-4-8-15-10-13-6-7-14-10/h6-7H,3-5,8-9,12H2,1-2H3. The van der Waals surface area contributed by atoms with Crippen molar-refractivity contribution in [3.05, 3.63) is 12.5 Å². The molecule has 0 unspecified atom stereocenters. The van der Waals surface area contributed by atoms with Crippen LogP contribution in [0.4, 0.5) is 0 Å². The first kappa shape index (κ1) is 12.6. The number of unbranched alkanes of at least 4 members (excludes halogenated alkanes) is 1. The lowest BCUT2D eigenvalue weighted by molar-refractivity contribution is 0.336. The summed E-state index contributed by atoms with van der Waals surface area (Å²) in [7, 11) is 0. The smallest absolute Gasteiger partial charge is 0.255 e. The molecule has 86 valence electrons. The zero-order valence-electron chi connectivity index (χ0n) is 9.53. The molecule has 0 radical (unpaired) electrons. The minimum Gasteiger partial charge on any atom is -0.440 e. The molecule has 0 aliphatic carbocycles. The van der Waals surface area contributed by atoms with Crippen molar-refractivity contribution in [2.45, 2.75) is 38.3 Å². The highest BCUT2D eigenvalue weighted by Gasteiger charge is 2.14. The Morgan fingerprint density at radius 1 is 1.47 bits per heavy atom. The maximum Gasteiger partial charge on any atom is 0.255 e. The molecule has 1 rings (SSSR count). The molecule has 1 aromatic rings. The fraction of sp³-hybridized carbons (Fsp3) is 0.727. The number of rotatable bonds is 7. The summed E-state index contributed by atoms with van der Waals surface area (Å²) in [4.78, 5) is 4.06. The maximum absolute atomic E-state index is 5.67. The van der Waals surface area contributed by atoms with Crippen LogP contribution in [-0.2, 0) is 0 Å². The van der Waals surface area contributed by atoms with E-state index in [2.05, 4.69) is 18.8 Å². The van der Waals surface area contributed by atoms with Gasteiger partial charge in [0, 0.05) is 5.75 Å². The largest absolute Gasteiger partial charge is 0.440 e. The quantitative estimate of drug-likeness (QED) is 0.576. The van der Waals surface area contributed by atoms with Crippen molar-refractivity contribution in [1.82, 2.24) is 4.98 Å². The number of hydrogen-bond donors (Lipinski definition) is 1. The van der Waals surface area contributed by atoms with Crippen molar-refractivity contribution in [2.75, 3.05) is 12.3 Å². The summed E-state index contributed by atoms with van der Waals surface area (Å²) in [5.41, 5.74) is 5.95. The second-order valence-corrected chi connectivity index (χ2v) is 5.52. The van der Waals surface area contributed by atoms with E-state index in [1.165, 1.54) is 19.3 Å². The highest BCUT2D eigenvalue weighted by atomic mass is 32.2. The summed E-state index contributed by atoms with van der Waals surface area (Å²) in [5, 5.41) is 0.771. The predicted molar refractivity (Wildman–Crippen MR) is 63.9 cm³/mol. The van der Waals surface area contributed by atoms with E-state index in [-0.39, 0.29) is 5.41 Å². The summed E-state index contributed by atoms with van der Waals surface area (Å²) in [5.74, 6) is 1.07. The van der Waals surface area contributed by atoms with E-state index in [1.807, 2.05) is 0 Å². The van der Waals surface area contributed by atoms with Gasteiger partial charge in [-0.2, -0.15) is 0 Å². The Morgan fingerprint density at radius 2 is 2.27 bits per heavy atom. The van der Waals surface area contributed by atoms with Gasteiger partial charge >= 0.3 is 0 Å². The first-order chi connectivity index (χ1) is 7.14. The van der Waals surface area contributed by atoms with Crippen molar-refractivity contribution < 1.29 is 4.42 Å². The van der Waals surface area contributed by atoms with Gasteiger partial charge in [0.25, 0.3) is 5.22 Å². The minimum absolute atomic E-state index is 0.285. The van der Waals surface area contributed by atoms with Crippen LogP contribution in [0.1, 0.15) is 33.1 Å². The molecule has 1 heterocycles. The molecule has 0 fully saturated rings. The summed E-state index contributed by atoms with van der Waals surface area (Å²) >= 11 is 1.68. The van der Waals surface area contributed by atoms with Crippen LogP contribution >= 0.6 is 11.8 Å². The Kier molecular flexibility index (Phi) is 5.19. The molecule has 0 aliphatic rings. The molecule has 0 aromatic carbocycles. The molecule has 3 nitrogen and oxygen atoms in total. The summed E-state index contributed by atoms with van der Waals surface area (Å²) in [6.07, 6.45) is 6.89. The topological polar surface area (TPSA) is 52.0 Å². The number of aromatic nitrogens is 1. The zero-order chi connectivity index (χ0) is 11.1. The van der Waals surface area contributed by atoms with Crippen molar-refractivity contribution >= 4 is 11.8 Å². The van der Waals surface area contributed by atoms with Crippen molar-refractivity contribution in [3.63, 3.8) is 0 Å².